The molecule has 1 unspecified atom stereocenters. The summed E-state index contributed by atoms with van der Waals surface area (Å²) in [5.74, 6) is 0.218. The van der Waals surface area contributed by atoms with Gasteiger partial charge in [-0.1, -0.05) is 0 Å². The zero-order valence-electron chi connectivity index (χ0n) is 9.13. The van der Waals surface area contributed by atoms with Gasteiger partial charge in [-0.15, -0.1) is 0 Å². The Morgan fingerprint density at radius 3 is 2.80 bits per heavy atom. The molecule has 0 saturated carbocycles. The fraction of sp³-hybridized carbons (Fsp3) is 0.556. The molecule has 0 aromatic carbocycles. The minimum Gasteiger partial charge on any atom is -0.383 e. The van der Waals surface area contributed by atoms with Crippen LogP contribution in [0.15, 0.2) is 0 Å². The molecule has 0 radical (unpaired) electrons. The summed E-state index contributed by atoms with van der Waals surface area (Å²) in [4.78, 5) is 11.5. The Morgan fingerprint density at radius 1 is 1.67 bits per heavy atom. The lowest BCUT2D eigenvalue weighted by atomic mass is 10.2. The van der Waals surface area contributed by atoms with Gasteiger partial charge < -0.3 is 15.8 Å². The molecule has 6 nitrogen and oxygen atoms in total. The van der Waals surface area contributed by atoms with E-state index in [1.807, 2.05) is 13.8 Å². The monoisotopic (exact) mass is 212 g/mol. The molecule has 1 aromatic rings. The van der Waals surface area contributed by atoms with Crippen molar-refractivity contribution in [2.24, 2.45) is 5.73 Å². The first-order chi connectivity index (χ1) is 7.06. The molecule has 1 rings (SSSR count). The van der Waals surface area contributed by atoms with Gasteiger partial charge in [0.05, 0.1) is 6.61 Å². The van der Waals surface area contributed by atoms with Crippen molar-refractivity contribution < 1.29 is 9.53 Å². The number of amides is 1. The number of hydrogen-bond acceptors (Lipinski definition) is 4. The van der Waals surface area contributed by atoms with E-state index in [9.17, 15) is 4.79 Å². The van der Waals surface area contributed by atoms with E-state index in [1.54, 1.807) is 0 Å². The van der Waals surface area contributed by atoms with E-state index in [-0.39, 0.29) is 12.5 Å². The van der Waals surface area contributed by atoms with Crippen molar-refractivity contribution in [2.45, 2.75) is 19.9 Å². The van der Waals surface area contributed by atoms with Crippen LogP contribution < -0.4 is 11.1 Å². The average molecular weight is 212 g/mol. The highest BCUT2D eigenvalue weighted by atomic mass is 16.5. The standard InChI is InChI=1S/C9H16N4O2/c1-5-6(2)12-13-8(5)11-9(14)7(10)4-15-3/h7H,4,10H2,1-3H3,(H2,11,12,13,14). The normalized spacial score (nSPS) is 12.5. The van der Waals surface area contributed by atoms with Gasteiger partial charge in [-0.05, 0) is 13.8 Å². The number of rotatable bonds is 4. The number of ether oxygens (including phenoxy) is 1. The number of nitrogens with zero attached hydrogens (tertiary/aromatic N) is 1. The molecule has 6 heteroatoms. The van der Waals surface area contributed by atoms with Crippen molar-refractivity contribution in [1.82, 2.24) is 10.2 Å². The van der Waals surface area contributed by atoms with Gasteiger partial charge in [-0.3, -0.25) is 9.89 Å². The number of carbonyl (C=O) groups excluding carboxylic acids is 1. The van der Waals surface area contributed by atoms with E-state index in [4.69, 9.17) is 10.5 Å². The maximum atomic E-state index is 11.5. The number of aryl methyl sites for hydroxylation is 1. The van der Waals surface area contributed by atoms with Crippen molar-refractivity contribution in [3.63, 3.8) is 0 Å². The van der Waals surface area contributed by atoms with E-state index in [0.29, 0.717) is 5.82 Å². The second-order valence-corrected chi connectivity index (χ2v) is 3.37. The smallest absolute Gasteiger partial charge is 0.244 e. The number of methoxy groups -OCH3 is 1. The van der Waals surface area contributed by atoms with Gasteiger partial charge in [0.15, 0.2) is 5.82 Å². The summed E-state index contributed by atoms with van der Waals surface area (Å²) in [5, 5.41) is 9.35. The Kier molecular flexibility index (Phi) is 3.81. The summed E-state index contributed by atoms with van der Waals surface area (Å²) >= 11 is 0. The SMILES string of the molecule is COCC(N)C(=O)Nc1n[nH]c(C)c1C. The second kappa shape index (κ2) is 4.90. The lowest BCUT2D eigenvalue weighted by Gasteiger charge is -2.09. The van der Waals surface area contributed by atoms with Crippen molar-refractivity contribution in [2.75, 3.05) is 19.0 Å². The lowest BCUT2D eigenvalue weighted by Crippen LogP contribution is -2.39. The van der Waals surface area contributed by atoms with Gasteiger partial charge in [-0.25, -0.2) is 0 Å². The van der Waals surface area contributed by atoms with Crippen molar-refractivity contribution in [1.29, 1.82) is 0 Å². The number of nitrogens with one attached hydrogen (secondary N) is 2. The van der Waals surface area contributed by atoms with Crippen LogP contribution >= 0.6 is 0 Å². The molecular formula is C9H16N4O2. The van der Waals surface area contributed by atoms with Crippen molar-refractivity contribution in [3.8, 4) is 0 Å². The first kappa shape index (κ1) is 11.7. The van der Waals surface area contributed by atoms with Crippen LogP contribution in [0.25, 0.3) is 0 Å². The predicted molar refractivity (Wildman–Crippen MR) is 56.5 cm³/mol. The number of aromatic nitrogens is 2. The van der Waals surface area contributed by atoms with Crippen LogP contribution in [0.5, 0.6) is 0 Å². The fourth-order valence-corrected chi connectivity index (χ4v) is 1.07. The molecule has 1 heterocycles. The Balaban J connectivity index is 2.62. The summed E-state index contributed by atoms with van der Waals surface area (Å²) in [7, 11) is 1.50. The Bertz CT molecular complexity index is 348. The summed E-state index contributed by atoms with van der Waals surface area (Å²) in [6.45, 7) is 3.94. The minimum atomic E-state index is -0.675. The molecule has 0 aliphatic rings. The molecule has 4 N–H and O–H groups in total. The summed E-state index contributed by atoms with van der Waals surface area (Å²) in [5.41, 5.74) is 7.39. The van der Waals surface area contributed by atoms with Gasteiger partial charge in [0.25, 0.3) is 0 Å². The Morgan fingerprint density at radius 2 is 2.33 bits per heavy atom. The van der Waals surface area contributed by atoms with E-state index >= 15 is 0 Å². The van der Waals surface area contributed by atoms with Crippen LogP contribution in [0.1, 0.15) is 11.3 Å². The Labute approximate surface area is 88.2 Å². The quantitative estimate of drug-likeness (QED) is 0.651. The molecule has 0 spiro atoms. The van der Waals surface area contributed by atoms with Gasteiger partial charge in [0.1, 0.15) is 6.04 Å². The molecule has 1 amide bonds. The second-order valence-electron chi connectivity index (χ2n) is 3.37. The van der Waals surface area contributed by atoms with Crippen molar-refractivity contribution >= 4 is 11.7 Å². The Hall–Kier alpha value is -1.40. The van der Waals surface area contributed by atoms with E-state index < -0.39 is 6.04 Å². The molecule has 15 heavy (non-hydrogen) atoms. The minimum absolute atomic E-state index is 0.189. The highest BCUT2D eigenvalue weighted by molar-refractivity contribution is 5.94. The summed E-state index contributed by atoms with van der Waals surface area (Å²) in [6.07, 6.45) is 0. The van der Waals surface area contributed by atoms with E-state index in [1.165, 1.54) is 7.11 Å². The number of anilines is 1. The number of hydrogen-bond donors (Lipinski definition) is 3. The molecule has 0 aliphatic heterocycles. The molecule has 1 atom stereocenters. The molecule has 0 bridgehead atoms. The summed E-state index contributed by atoms with van der Waals surface area (Å²) in [6, 6.07) is -0.675. The van der Waals surface area contributed by atoms with Crippen molar-refractivity contribution in [3.05, 3.63) is 11.3 Å². The first-order valence-electron chi connectivity index (χ1n) is 4.63. The topological polar surface area (TPSA) is 93.0 Å². The van der Waals surface area contributed by atoms with Crippen LogP contribution in [0.2, 0.25) is 0 Å². The van der Waals surface area contributed by atoms with Gasteiger partial charge in [0, 0.05) is 18.4 Å². The predicted octanol–water partition coefficient (Wildman–Crippen LogP) is -0.0613. The fourth-order valence-electron chi connectivity index (χ4n) is 1.07. The molecule has 0 fully saturated rings. The maximum absolute atomic E-state index is 11.5. The zero-order chi connectivity index (χ0) is 11.4. The van der Waals surface area contributed by atoms with Crippen LogP contribution in [-0.4, -0.2) is 35.9 Å². The van der Waals surface area contributed by atoms with Crippen LogP contribution in [0.3, 0.4) is 0 Å². The number of nitrogens with two attached hydrogens (primary N) is 1. The van der Waals surface area contributed by atoms with E-state index in [0.717, 1.165) is 11.3 Å². The third kappa shape index (κ3) is 2.77. The average Bonchev–Trinajstić information content (AvgIpc) is 2.50. The highest BCUT2D eigenvalue weighted by Crippen LogP contribution is 2.13. The third-order valence-corrected chi connectivity index (χ3v) is 2.18. The number of aromatic amines is 1. The van der Waals surface area contributed by atoms with Gasteiger partial charge in [0.2, 0.25) is 5.91 Å². The van der Waals surface area contributed by atoms with Gasteiger partial charge >= 0.3 is 0 Å². The van der Waals surface area contributed by atoms with Crippen LogP contribution in [-0.2, 0) is 9.53 Å². The first-order valence-corrected chi connectivity index (χ1v) is 4.63. The molecule has 0 saturated heterocycles. The van der Waals surface area contributed by atoms with E-state index in [2.05, 4.69) is 15.5 Å². The number of H-pyrrole nitrogens is 1. The number of carbonyl (C=O) groups is 1. The highest BCUT2D eigenvalue weighted by Gasteiger charge is 2.15. The molecule has 1 aromatic heterocycles. The van der Waals surface area contributed by atoms with Crippen LogP contribution in [0, 0.1) is 13.8 Å². The summed E-state index contributed by atoms with van der Waals surface area (Å²) < 4.78 is 4.78. The molecular weight excluding hydrogens is 196 g/mol. The van der Waals surface area contributed by atoms with Crippen LogP contribution in [0.4, 0.5) is 5.82 Å². The lowest BCUT2D eigenvalue weighted by molar-refractivity contribution is -0.118. The molecule has 84 valence electrons. The maximum Gasteiger partial charge on any atom is 0.244 e. The van der Waals surface area contributed by atoms with Gasteiger partial charge in [-0.2, -0.15) is 5.10 Å². The largest absolute Gasteiger partial charge is 0.383 e. The third-order valence-electron chi connectivity index (χ3n) is 2.18. The zero-order valence-corrected chi connectivity index (χ0v) is 9.13. The molecule has 0 aliphatic carbocycles.